The van der Waals surface area contributed by atoms with E-state index in [2.05, 4.69) is 10.6 Å². The minimum atomic E-state index is -0.367. The van der Waals surface area contributed by atoms with Crippen LogP contribution in [0.2, 0.25) is 0 Å². The molecule has 0 aromatic rings. The Bertz CT molecular complexity index is 223. The van der Waals surface area contributed by atoms with Gasteiger partial charge in [0.25, 0.3) is 0 Å². The molecule has 0 rings (SSSR count). The van der Waals surface area contributed by atoms with E-state index in [1.807, 2.05) is 13.0 Å². The van der Waals surface area contributed by atoms with Crippen molar-refractivity contribution >= 4 is 5.91 Å². The SMILES string of the molecule is CC(O)CC(C)NCC(=O)NCCC#N. The van der Waals surface area contributed by atoms with Crippen molar-refractivity contribution < 1.29 is 9.90 Å². The van der Waals surface area contributed by atoms with E-state index in [9.17, 15) is 4.79 Å². The highest BCUT2D eigenvalue weighted by molar-refractivity contribution is 5.77. The number of aliphatic hydroxyl groups is 1. The number of aliphatic hydroxyl groups excluding tert-OH is 1. The normalized spacial score (nSPS) is 14.0. The van der Waals surface area contributed by atoms with Gasteiger partial charge in [-0.15, -0.1) is 0 Å². The molecule has 0 radical (unpaired) electrons. The lowest BCUT2D eigenvalue weighted by atomic mass is 10.1. The van der Waals surface area contributed by atoms with Gasteiger partial charge in [0.15, 0.2) is 0 Å². The summed E-state index contributed by atoms with van der Waals surface area (Å²) in [5.41, 5.74) is 0. The molecule has 0 aromatic heterocycles. The minimum absolute atomic E-state index is 0.103. The molecule has 5 heteroatoms. The number of carbonyl (C=O) groups is 1. The minimum Gasteiger partial charge on any atom is -0.393 e. The Labute approximate surface area is 90.5 Å². The second kappa shape index (κ2) is 8.21. The second-order valence-corrected chi connectivity index (χ2v) is 3.62. The summed E-state index contributed by atoms with van der Waals surface area (Å²) in [6.07, 6.45) is 0.578. The maximum absolute atomic E-state index is 11.2. The number of rotatable bonds is 7. The molecule has 0 aliphatic carbocycles. The van der Waals surface area contributed by atoms with Crippen LogP contribution in [0.1, 0.15) is 26.7 Å². The van der Waals surface area contributed by atoms with Gasteiger partial charge in [-0.2, -0.15) is 5.26 Å². The highest BCUT2D eigenvalue weighted by atomic mass is 16.3. The number of nitriles is 1. The summed E-state index contributed by atoms with van der Waals surface area (Å²) in [6.45, 7) is 4.24. The van der Waals surface area contributed by atoms with Crippen molar-refractivity contribution in [3.8, 4) is 6.07 Å². The van der Waals surface area contributed by atoms with Gasteiger partial charge < -0.3 is 15.7 Å². The van der Waals surface area contributed by atoms with E-state index in [1.165, 1.54) is 0 Å². The fourth-order valence-electron chi connectivity index (χ4n) is 1.18. The molecule has 5 nitrogen and oxygen atoms in total. The lowest BCUT2D eigenvalue weighted by Gasteiger charge is -2.14. The van der Waals surface area contributed by atoms with Crippen LogP contribution in [0.4, 0.5) is 0 Å². The monoisotopic (exact) mass is 213 g/mol. The van der Waals surface area contributed by atoms with E-state index < -0.39 is 0 Å². The standard InChI is InChI=1S/C10H19N3O2/c1-8(6-9(2)14)13-7-10(15)12-5-3-4-11/h8-9,13-14H,3,5-7H2,1-2H3,(H,12,15). The molecule has 0 spiro atoms. The average Bonchev–Trinajstić information content (AvgIpc) is 2.14. The third-order valence-electron chi connectivity index (χ3n) is 1.86. The predicted molar refractivity (Wildman–Crippen MR) is 57.0 cm³/mol. The number of nitrogens with one attached hydrogen (secondary N) is 2. The fraction of sp³-hybridized carbons (Fsp3) is 0.800. The van der Waals surface area contributed by atoms with E-state index in [1.54, 1.807) is 6.92 Å². The van der Waals surface area contributed by atoms with Gasteiger partial charge in [-0.25, -0.2) is 0 Å². The van der Waals surface area contributed by atoms with E-state index in [4.69, 9.17) is 10.4 Å². The third kappa shape index (κ3) is 9.19. The number of nitrogens with zero attached hydrogens (tertiary/aromatic N) is 1. The lowest BCUT2D eigenvalue weighted by molar-refractivity contribution is -0.120. The highest BCUT2D eigenvalue weighted by Gasteiger charge is 2.07. The van der Waals surface area contributed by atoms with Crippen molar-refractivity contribution in [1.29, 1.82) is 5.26 Å². The van der Waals surface area contributed by atoms with Crippen LogP contribution in [-0.2, 0) is 4.79 Å². The molecule has 0 saturated carbocycles. The van der Waals surface area contributed by atoms with Gasteiger partial charge in [0.05, 0.1) is 25.1 Å². The van der Waals surface area contributed by atoms with Crippen LogP contribution < -0.4 is 10.6 Å². The number of hydrogen-bond donors (Lipinski definition) is 3. The first-order valence-corrected chi connectivity index (χ1v) is 5.11. The molecule has 0 aromatic carbocycles. The summed E-state index contributed by atoms with van der Waals surface area (Å²) in [5.74, 6) is -0.123. The Kier molecular flexibility index (Phi) is 7.60. The molecule has 2 atom stereocenters. The summed E-state index contributed by atoms with van der Waals surface area (Å²) in [6, 6.07) is 2.05. The van der Waals surface area contributed by atoms with Gasteiger partial charge in [0.2, 0.25) is 5.91 Å². The Morgan fingerprint density at radius 3 is 2.73 bits per heavy atom. The highest BCUT2D eigenvalue weighted by Crippen LogP contribution is 1.95. The molecule has 0 heterocycles. The molecule has 2 unspecified atom stereocenters. The first kappa shape index (κ1) is 13.9. The topological polar surface area (TPSA) is 85.2 Å². The van der Waals surface area contributed by atoms with Crippen LogP contribution in [0.25, 0.3) is 0 Å². The maximum Gasteiger partial charge on any atom is 0.233 e. The summed E-state index contributed by atoms with van der Waals surface area (Å²) in [7, 11) is 0. The van der Waals surface area contributed by atoms with Gasteiger partial charge in [-0.3, -0.25) is 4.79 Å². The predicted octanol–water partition coefficient (Wildman–Crippen LogP) is -0.235. The Balaban J connectivity index is 3.49. The van der Waals surface area contributed by atoms with Crippen LogP contribution in [-0.4, -0.2) is 36.2 Å². The number of hydrogen-bond acceptors (Lipinski definition) is 4. The molecule has 0 aliphatic heterocycles. The van der Waals surface area contributed by atoms with Crippen molar-refractivity contribution in [2.75, 3.05) is 13.1 Å². The van der Waals surface area contributed by atoms with Crippen molar-refractivity contribution in [2.24, 2.45) is 0 Å². The molecule has 1 amide bonds. The molecule has 0 bridgehead atoms. The van der Waals surface area contributed by atoms with Crippen molar-refractivity contribution in [2.45, 2.75) is 38.8 Å². The van der Waals surface area contributed by atoms with Gasteiger partial charge in [0, 0.05) is 12.6 Å². The summed E-state index contributed by atoms with van der Waals surface area (Å²) in [4.78, 5) is 11.2. The Morgan fingerprint density at radius 1 is 1.53 bits per heavy atom. The van der Waals surface area contributed by atoms with E-state index in [0.717, 1.165) is 0 Å². The molecule has 86 valence electrons. The largest absolute Gasteiger partial charge is 0.393 e. The van der Waals surface area contributed by atoms with Crippen molar-refractivity contribution in [1.82, 2.24) is 10.6 Å². The summed E-state index contributed by atoms with van der Waals surface area (Å²) < 4.78 is 0. The van der Waals surface area contributed by atoms with Crippen LogP contribution in [0.5, 0.6) is 0 Å². The molecule has 0 fully saturated rings. The number of carbonyl (C=O) groups excluding carboxylic acids is 1. The molecule has 15 heavy (non-hydrogen) atoms. The smallest absolute Gasteiger partial charge is 0.233 e. The van der Waals surface area contributed by atoms with Crippen molar-refractivity contribution in [3.05, 3.63) is 0 Å². The summed E-state index contributed by atoms with van der Waals surface area (Å²) in [5, 5.41) is 22.9. The zero-order valence-electron chi connectivity index (χ0n) is 9.29. The van der Waals surface area contributed by atoms with Gasteiger partial charge >= 0.3 is 0 Å². The zero-order chi connectivity index (χ0) is 11.7. The van der Waals surface area contributed by atoms with Crippen LogP contribution in [0, 0.1) is 11.3 Å². The third-order valence-corrected chi connectivity index (χ3v) is 1.86. The second-order valence-electron chi connectivity index (χ2n) is 3.62. The van der Waals surface area contributed by atoms with Crippen LogP contribution in [0.3, 0.4) is 0 Å². The number of amides is 1. The molecular formula is C10H19N3O2. The summed E-state index contributed by atoms with van der Waals surface area (Å²) >= 11 is 0. The van der Waals surface area contributed by atoms with Crippen molar-refractivity contribution in [3.63, 3.8) is 0 Å². The average molecular weight is 213 g/mol. The van der Waals surface area contributed by atoms with Crippen LogP contribution in [0.15, 0.2) is 0 Å². The van der Waals surface area contributed by atoms with E-state index in [-0.39, 0.29) is 24.6 Å². The van der Waals surface area contributed by atoms with Gasteiger partial charge in [-0.1, -0.05) is 0 Å². The first-order valence-electron chi connectivity index (χ1n) is 5.11. The van der Waals surface area contributed by atoms with Gasteiger partial charge in [-0.05, 0) is 20.3 Å². The first-order chi connectivity index (χ1) is 7.06. The Morgan fingerprint density at radius 2 is 2.20 bits per heavy atom. The molecule has 3 N–H and O–H groups in total. The zero-order valence-corrected chi connectivity index (χ0v) is 9.29. The van der Waals surface area contributed by atoms with E-state index >= 15 is 0 Å². The van der Waals surface area contributed by atoms with E-state index in [0.29, 0.717) is 19.4 Å². The quantitative estimate of drug-likeness (QED) is 0.510. The molecule has 0 saturated heterocycles. The molecular weight excluding hydrogens is 194 g/mol. The molecule has 0 aliphatic rings. The van der Waals surface area contributed by atoms with Crippen LogP contribution >= 0.6 is 0 Å². The van der Waals surface area contributed by atoms with Gasteiger partial charge in [0.1, 0.15) is 0 Å². The maximum atomic E-state index is 11.2. The Hall–Kier alpha value is -1.12. The fourth-order valence-corrected chi connectivity index (χ4v) is 1.18. The lowest BCUT2D eigenvalue weighted by Crippen LogP contribution is -2.39.